The largest absolute Gasteiger partial charge is 0.490 e. The molecule has 1 aliphatic carbocycles. The minimum absolute atomic E-state index is 0.0514. The van der Waals surface area contributed by atoms with Crippen LogP contribution >= 0.6 is 0 Å². The highest BCUT2D eigenvalue weighted by Crippen LogP contribution is 2.30. The zero-order chi connectivity index (χ0) is 42.8. The Labute approximate surface area is 334 Å². The fourth-order valence-corrected chi connectivity index (χ4v) is 6.44. The predicted molar refractivity (Wildman–Crippen MR) is 213 cm³/mol. The van der Waals surface area contributed by atoms with Gasteiger partial charge >= 0.3 is 18.2 Å². The van der Waals surface area contributed by atoms with Crippen molar-refractivity contribution in [1.29, 1.82) is 0 Å². The molecule has 1 aromatic heterocycles. The number of aryl methyl sites for hydroxylation is 1. The Morgan fingerprint density at radius 2 is 1.57 bits per heavy atom. The second-order valence-corrected chi connectivity index (χ2v) is 15.7. The maximum absolute atomic E-state index is 13.8. The van der Waals surface area contributed by atoms with Crippen molar-refractivity contribution in [3.8, 4) is 11.1 Å². The summed E-state index contributed by atoms with van der Waals surface area (Å²) < 4.78 is 37.1. The first kappa shape index (κ1) is 44.8. The van der Waals surface area contributed by atoms with Gasteiger partial charge in [-0.15, -0.1) is 0 Å². The van der Waals surface area contributed by atoms with E-state index in [0.717, 1.165) is 46.0 Å². The van der Waals surface area contributed by atoms with Crippen LogP contribution < -0.4 is 21.3 Å². The highest BCUT2D eigenvalue weighted by molar-refractivity contribution is 5.99. The lowest BCUT2D eigenvalue weighted by atomic mass is 9.81. The van der Waals surface area contributed by atoms with Gasteiger partial charge in [-0.05, 0) is 126 Å². The van der Waals surface area contributed by atoms with E-state index in [-0.39, 0.29) is 35.6 Å². The second kappa shape index (κ2) is 19.5. The van der Waals surface area contributed by atoms with Gasteiger partial charge in [0.2, 0.25) is 11.8 Å². The Morgan fingerprint density at radius 1 is 0.914 bits per heavy atom. The summed E-state index contributed by atoms with van der Waals surface area (Å²) >= 11 is 0. The zero-order valence-corrected chi connectivity index (χ0v) is 33.4. The van der Waals surface area contributed by atoms with Crippen LogP contribution in [0.1, 0.15) is 81.8 Å². The average Bonchev–Trinajstić information content (AvgIpc) is 3.61. The topological polar surface area (TPSA) is 192 Å². The number of ether oxygens (including phenoxy) is 1. The van der Waals surface area contributed by atoms with Gasteiger partial charge in [0.1, 0.15) is 11.6 Å². The SMILES string of the molecule is Cc1cc(C(=O)NC(C)C)ccc1-c1ccc(C[C@H](NC(=O)C2CCC(CNC(=O)OC(C)(C)C)CC2)C(=O)Nc2ccc3cn[nH]c3c2)cc1.O=C(O)C(F)(F)F. The van der Waals surface area contributed by atoms with Crippen LogP contribution in [0, 0.1) is 18.8 Å². The number of halogens is 3. The van der Waals surface area contributed by atoms with Crippen LogP contribution in [0.2, 0.25) is 0 Å². The number of aromatic amines is 1. The predicted octanol–water partition coefficient (Wildman–Crippen LogP) is 7.31. The fourth-order valence-electron chi connectivity index (χ4n) is 6.44. The number of carboxylic acid groups (broad SMARTS) is 1. The first-order chi connectivity index (χ1) is 27.2. The molecule has 13 nitrogen and oxygen atoms in total. The molecule has 58 heavy (non-hydrogen) atoms. The van der Waals surface area contributed by atoms with Crippen molar-refractivity contribution < 1.29 is 47.0 Å². The number of hydrogen-bond acceptors (Lipinski definition) is 7. The number of alkyl halides is 3. The van der Waals surface area contributed by atoms with Crippen LogP contribution in [-0.2, 0) is 25.5 Å². The van der Waals surface area contributed by atoms with Gasteiger partial charge in [-0.2, -0.15) is 18.3 Å². The number of rotatable bonds is 11. The van der Waals surface area contributed by atoms with Crippen LogP contribution in [0.3, 0.4) is 0 Å². The number of H-pyrrole nitrogens is 1. The molecule has 0 aliphatic heterocycles. The summed E-state index contributed by atoms with van der Waals surface area (Å²) in [6.07, 6.45) is -0.581. The van der Waals surface area contributed by atoms with Crippen molar-refractivity contribution in [3.05, 3.63) is 83.6 Å². The summed E-state index contributed by atoms with van der Waals surface area (Å²) in [5.74, 6) is -3.29. The van der Waals surface area contributed by atoms with Gasteiger partial charge in [-0.1, -0.05) is 30.3 Å². The Bertz CT molecular complexity index is 2070. The number of hydrogen-bond donors (Lipinski definition) is 6. The fraction of sp³-hybridized carbons (Fsp3) is 0.429. The lowest BCUT2D eigenvalue weighted by Crippen LogP contribution is -2.48. The third-order valence-corrected chi connectivity index (χ3v) is 9.35. The van der Waals surface area contributed by atoms with E-state index in [4.69, 9.17) is 14.6 Å². The second-order valence-electron chi connectivity index (χ2n) is 15.7. The number of alkyl carbamates (subject to hydrolysis) is 1. The maximum Gasteiger partial charge on any atom is 0.490 e. The van der Waals surface area contributed by atoms with Crippen molar-refractivity contribution in [3.63, 3.8) is 0 Å². The van der Waals surface area contributed by atoms with E-state index >= 15 is 0 Å². The zero-order valence-electron chi connectivity index (χ0n) is 33.4. The molecule has 312 valence electrons. The summed E-state index contributed by atoms with van der Waals surface area (Å²) in [7, 11) is 0. The molecule has 0 spiro atoms. The third-order valence-electron chi connectivity index (χ3n) is 9.35. The Hall–Kier alpha value is -5.93. The van der Waals surface area contributed by atoms with Crippen molar-refractivity contribution in [2.75, 3.05) is 11.9 Å². The molecular weight excluding hydrogens is 757 g/mol. The monoisotopic (exact) mass is 808 g/mol. The number of carbonyl (C=O) groups excluding carboxylic acids is 4. The summed E-state index contributed by atoms with van der Waals surface area (Å²) in [6, 6.07) is 18.4. The molecule has 0 unspecified atom stereocenters. The molecule has 6 N–H and O–H groups in total. The van der Waals surface area contributed by atoms with E-state index in [1.807, 2.05) is 102 Å². The summed E-state index contributed by atoms with van der Waals surface area (Å²) in [5, 5.41) is 26.9. The molecule has 4 amide bonds. The van der Waals surface area contributed by atoms with Gasteiger partial charge in [0.15, 0.2) is 0 Å². The molecule has 16 heteroatoms. The molecule has 1 atom stereocenters. The van der Waals surface area contributed by atoms with Crippen molar-refractivity contribution in [2.24, 2.45) is 11.8 Å². The number of aliphatic carboxylic acids is 1. The molecule has 4 aromatic rings. The van der Waals surface area contributed by atoms with E-state index in [0.29, 0.717) is 37.1 Å². The van der Waals surface area contributed by atoms with Crippen molar-refractivity contribution in [2.45, 2.75) is 97.5 Å². The van der Waals surface area contributed by atoms with E-state index in [2.05, 4.69) is 31.5 Å². The molecule has 1 saturated carbocycles. The molecule has 0 radical (unpaired) electrons. The number of anilines is 1. The van der Waals surface area contributed by atoms with Crippen LogP contribution in [0.4, 0.5) is 23.7 Å². The van der Waals surface area contributed by atoms with Crippen molar-refractivity contribution in [1.82, 2.24) is 26.1 Å². The normalized spacial score (nSPS) is 16.0. The van der Waals surface area contributed by atoms with Crippen molar-refractivity contribution >= 4 is 46.4 Å². The van der Waals surface area contributed by atoms with E-state index < -0.39 is 29.9 Å². The smallest absolute Gasteiger partial charge is 0.475 e. The first-order valence-corrected chi connectivity index (χ1v) is 19.0. The third kappa shape index (κ3) is 13.6. The number of carboxylic acids is 1. The van der Waals surface area contributed by atoms with Gasteiger partial charge in [0, 0.05) is 41.6 Å². The quantitative estimate of drug-likeness (QED) is 0.0909. The summed E-state index contributed by atoms with van der Waals surface area (Å²) in [6.45, 7) is 11.8. The average molecular weight is 809 g/mol. The lowest BCUT2D eigenvalue weighted by molar-refractivity contribution is -0.192. The summed E-state index contributed by atoms with van der Waals surface area (Å²) in [5.41, 5.74) is 5.33. The van der Waals surface area contributed by atoms with Gasteiger partial charge in [0.05, 0.1) is 11.7 Å². The molecule has 3 aromatic carbocycles. The number of nitrogens with zero attached hydrogens (tertiary/aromatic N) is 1. The van der Waals surface area contributed by atoms with E-state index in [1.54, 1.807) is 6.20 Å². The maximum atomic E-state index is 13.8. The molecule has 0 saturated heterocycles. The Kier molecular flexibility index (Phi) is 15.0. The van der Waals surface area contributed by atoms with Gasteiger partial charge in [-0.25, -0.2) is 9.59 Å². The van der Waals surface area contributed by atoms with E-state index in [9.17, 15) is 32.3 Å². The molecule has 0 bridgehead atoms. The molecular formula is C42H51F3N6O7. The molecule has 1 aliphatic rings. The number of amides is 4. The van der Waals surface area contributed by atoms with Gasteiger partial charge in [0.25, 0.3) is 5.91 Å². The standard InChI is InChI=1S/C40H50N6O5.C2HF3O2/c1-24(2)43-37(48)30-16-18-33(25(3)19-30)28-11-7-26(8-12-28)20-35(38(49)44-32-17-15-31-23-42-46-34(31)21-32)45-36(47)29-13-9-27(10-14-29)22-41-39(50)51-40(4,5)6;3-2(4,5)1(6)7/h7-8,11-12,15-19,21,23-24,27,29,35H,9-10,13-14,20,22H2,1-6H3,(H,41,50)(H,42,46)(H,43,48)(H,44,49)(H,45,47);(H,6,7)/t27?,29?,35-;/m0./s1. The summed E-state index contributed by atoms with van der Waals surface area (Å²) in [4.78, 5) is 60.9. The van der Waals surface area contributed by atoms with Gasteiger partial charge in [-0.3, -0.25) is 19.5 Å². The number of carbonyl (C=O) groups is 5. The molecule has 1 heterocycles. The van der Waals surface area contributed by atoms with Gasteiger partial charge < -0.3 is 31.1 Å². The number of nitrogens with one attached hydrogen (secondary N) is 5. The van der Waals surface area contributed by atoms with Crippen LogP contribution in [0.5, 0.6) is 0 Å². The lowest BCUT2D eigenvalue weighted by Gasteiger charge is -2.29. The Balaban J connectivity index is 0.000000973. The van der Waals surface area contributed by atoms with Crippen LogP contribution in [0.15, 0.2) is 66.9 Å². The molecule has 5 rings (SSSR count). The van der Waals surface area contributed by atoms with Crippen LogP contribution in [0.25, 0.3) is 22.0 Å². The minimum Gasteiger partial charge on any atom is -0.475 e. The Morgan fingerprint density at radius 3 is 2.16 bits per heavy atom. The number of fused-ring (bicyclic) bond motifs is 1. The minimum atomic E-state index is -5.08. The number of aromatic nitrogens is 2. The van der Waals surface area contributed by atoms with E-state index in [1.165, 1.54) is 0 Å². The molecule has 1 fully saturated rings. The number of benzene rings is 3. The first-order valence-electron chi connectivity index (χ1n) is 19.0. The van der Waals surface area contributed by atoms with Crippen LogP contribution in [-0.4, -0.2) is 75.5 Å². The highest BCUT2D eigenvalue weighted by atomic mass is 19.4. The highest BCUT2D eigenvalue weighted by Gasteiger charge is 2.38.